The fourth-order valence-electron chi connectivity index (χ4n) is 3.63. The summed E-state index contributed by atoms with van der Waals surface area (Å²) >= 11 is 11.8. The third kappa shape index (κ3) is 11.8. The molecule has 0 aliphatic heterocycles. The van der Waals surface area contributed by atoms with Crippen molar-refractivity contribution >= 4 is 56.1 Å². The number of amides is 2. The molecule has 0 saturated carbocycles. The third-order valence-electron chi connectivity index (χ3n) is 5.60. The van der Waals surface area contributed by atoms with Crippen molar-refractivity contribution in [2.45, 2.75) is 63.2 Å². The average Bonchev–Trinajstić information content (AvgIpc) is 2.80. The molecule has 13 nitrogen and oxygen atoms in total. The molecule has 1 aromatic rings. The maximum absolute atomic E-state index is 13.0. The zero-order valence-corrected chi connectivity index (χ0v) is 25.9. The van der Waals surface area contributed by atoms with Gasteiger partial charge in [0, 0.05) is 43.5 Å². The number of aliphatic hydroxyl groups is 1. The van der Waals surface area contributed by atoms with Crippen LogP contribution in [0.25, 0.3) is 0 Å². The summed E-state index contributed by atoms with van der Waals surface area (Å²) < 4.78 is 28.3. The van der Waals surface area contributed by atoms with Crippen LogP contribution >= 0.6 is 38.4 Å². The van der Waals surface area contributed by atoms with Crippen molar-refractivity contribution in [3.05, 3.63) is 29.8 Å². The van der Waals surface area contributed by atoms with Crippen LogP contribution in [0.4, 0.5) is 10.5 Å². The lowest BCUT2D eigenvalue weighted by Gasteiger charge is -2.29. The number of halogens is 2. The molecule has 17 heteroatoms. The highest BCUT2D eigenvalue weighted by molar-refractivity contribution is 7.72. The van der Waals surface area contributed by atoms with Gasteiger partial charge in [0.05, 0.1) is 0 Å². The minimum atomic E-state index is -5.56. The van der Waals surface area contributed by atoms with E-state index in [4.69, 9.17) is 27.9 Å². The van der Waals surface area contributed by atoms with Crippen LogP contribution in [-0.4, -0.2) is 84.8 Å². The molecular formula is C23H39Cl2N3O10P2. The number of unbranched alkanes of at least 4 members (excludes halogenated alkanes) is 1. The van der Waals surface area contributed by atoms with Gasteiger partial charge in [-0.15, -0.1) is 23.2 Å². The highest BCUT2D eigenvalue weighted by atomic mass is 35.5. The lowest BCUT2D eigenvalue weighted by atomic mass is 10.0. The van der Waals surface area contributed by atoms with Gasteiger partial charge >= 0.3 is 21.3 Å². The van der Waals surface area contributed by atoms with Crippen LogP contribution in [0, 0.1) is 0 Å². The topological polar surface area (TPSA) is 206 Å². The second kappa shape index (κ2) is 15.7. The van der Waals surface area contributed by atoms with E-state index in [-0.39, 0.29) is 25.8 Å². The van der Waals surface area contributed by atoms with Crippen molar-refractivity contribution in [3.63, 3.8) is 0 Å². The lowest BCUT2D eigenvalue weighted by Crippen LogP contribution is -2.49. The SMILES string of the molecule is CC(C)(C)OC(=O)N[C@@H](Cc1cccc(N(CCCl)CCCl)c1)C(=O)NCCCCC(O)(P(=O)(O)O)P(=O)(O)O. The van der Waals surface area contributed by atoms with Gasteiger partial charge in [-0.25, -0.2) is 4.79 Å². The maximum Gasteiger partial charge on any atom is 0.408 e. The van der Waals surface area contributed by atoms with Gasteiger partial charge in [0.2, 0.25) is 5.91 Å². The van der Waals surface area contributed by atoms with Crippen LogP contribution in [0.15, 0.2) is 24.3 Å². The predicted octanol–water partition coefficient (Wildman–Crippen LogP) is 2.69. The van der Waals surface area contributed by atoms with E-state index in [0.29, 0.717) is 24.8 Å². The zero-order valence-electron chi connectivity index (χ0n) is 22.6. The molecule has 230 valence electrons. The van der Waals surface area contributed by atoms with Crippen LogP contribution in [-0.2, 0) is 25.1 Å². The number of rotatable bonds is 16. The van der Waals surface area contributed by atoms with Crippen LogP contribution in [0.2, 0.25) is 0 Å². The number of alkyl carbamates (subject to hydrolysis) is 1. The first kappa shape index (κ1) is 36.6. The molecule has 0 aliphatic carbocycles. The Balaban J connectivity index is 2.97. The zero-order chi connectivity index (χ0) is 30.8. The van der Waals surface area contributed by atoms with E-state index in [0.717, 1.165) is 11.3 Å². The van der Waals surface area contributed by atoms with E-state index in [1.54, 1.807) is 32.9 Å². The molecule has 0 unspecified atom stereocenters. The van der Waals surface area contributed by atoms with E-state index < -0.39 is 50.3 Å². The molecule has 0 heterocycles. The quantitative estimate of drug-likeness (QED) is 0.0787. The number of hydrogen-bond acceptors (Lipinski definition) is 7. The first-order valence-electron chi connectivity index (χ1n) is 12.4. The van der Waals surface area contributed by atoms with Crippen molar-refractivity contribution in [3.8, 4) is 0 Å². The average molecular weight is 650 g/mol. The molecule has 1 rings (SSSR count). The summed E-state index contributed by atoms with van der Waals surface area (Å²) in [4.78, 5) is 64.4. The Labute approximate surface area is 243 Å². The fraction of sp³-hybridized carbons (Fsp3) is 0.652. The first-order chi connectivity index (χ1) is 18.3. The lowest BCUT2D eigenvalue weighted by molar-refractivity contribution is -0.123. The van der Waals surface area contributed by atoms with E-state index in [9.17, 15) is 43.4 Å². The number of carbonyl (C=O) groups is 2. The van der Waals surface area contributed by atoms with Crippen molar-refractivity contribution in [2.75, 3.05) is 36.3 Å². The number of nitrogens with zero attached hydrogens (tertiary/aromatic N) is 1. The third-order valence-corrected chi connectivity index (χ3v) is 9.82. The molecule has 7 N–H and O–H groups in total. The summed E-state index contributed by atoms with van der Waals surface area (Å²) in [7, 11) is -11.1. The Morgan fingerprint density at radius 3 is 2.10 bits per heavy atom. The summed E-state index contributed by atoms with van der Waals surface area (Å²) in [6.07, 6.45) is -1.83. The highest BCUT2D eigenvalue weighted by Crippen LogP contribution is 2.69. The van der Waals surface area contributed by atoms with Crippen LogP contribution < -0.4 is 15.5 Å². The Hall–Kier alpha value is -1.40. The normalized spacial score (nSPS) is 13.4. The summed E-state index contributed by atoms with van der Waals surface area (Å²) in [6, 6.07) is 6.23. The molecule has 0 bridgehead atoms. The van der Waals surface area contributed by atoms with Crippen molar-refractivity contribution in [1.82, 2.24) is 10.6 Å². The number of ether oxygens (including phenoxy) is 1. The molecule has 0 aromatic heterocycles. The molecule has 0 spiro atoms. The number of hydrogen-bond donors (Lipinski definition) is 7. The van der Waals surface area contributed by atoms with Crippen LogP contribution in [0.1, 0.15) is 45.6 Å². The maximum atomic E-state index is 13.0. The minimum absolute atomic E-state index is 0.0223. The fourth-order valence-corrected chi connectivity index (χ4v) is 6.30. The van der Waals surface area contributed by atoms with E-state index in [1.807, 2.05) is 17.0 Å². The molecule has 1 atom stereocenters. The number of benzene rings is 1. The largest absolute Gasteiger partial charge is 0.444 e. The first-order valence-corrected chi connectivity index (χ1v) is 16.7. The molecule has 0 aliphatic rings. The van der Waals surface area contributed by atoms with Gasteiger partial charge in [-0.1, -0.05) is 12.1 Å². The van der Waals surface area contributed by atoms with Gasteiger partial charge in [-0.3, -0.25) is 13.9 Å². The molecule has 0 radical (unpaired) electrons. The molecule has 1 aromatic carbocycles. The Morgan fingerprint density at radius 2 is 1.60 bits per heavy atom. The second-order valence-corrected chi connectivity index (χ2v) is 14.8. The number of anilines is 1. The van der Waals surface area contributed by atoms with Gasteiger partial charge in [0.15, 0.2) is 0 Å². The molecule has 40 heavy (non-hydrogen) atoms. The van der Waals surface area contributed by atoms with E-state index in [2.05, 4.69) is 10.6 Å². The van der Waals surface area contributed by atoms with Crippen molar-refractivity contribution < 1.29 is 48.1 Å². The van der Waals surface area contributed by atoms with Gasteiger partial charge in [0.1, 0.15) is 11.6 Å². The Kier molecular flexibility index (Phi) is 14.4. The molecule has 0 fully saturated rings. The summed E-state index contributed by atoms with van der Waals surface area (Å²) in [6.45, 7) is 6.05. The van der Waals surface area contributed by atoms with Crippen molar-refractivity contribution in [1.29, 1.82) is 0 Å². The smallest absolute Gasteiger partial charge is 0.408 e. The van der Waals surface area contributed by atoms with Crippen molar-refractivity contribution in [2.24, 2.45) is 0 Å². The number of alkyl halides is 2. The second-order valence-electron chi connectivity index (χ2n) is 10.0. The number of nitrogens with one attached hydrogen (secondary N) is 2. The minimum Gasteiger partial charge on any atom is -0.444 e. The summed E-state index contributed by atoms with van der Waals surface area (Å²) in [5.74, 6) is 0.174. The Morgan fingerprint density at radius 1 is 1.02 bits per heavy atom. The van der Waals surface area contributed by atoms with E-state index >= 15 is 0 Å². The van der Waals surface area contributed by atoms with Gasteiger partial charge < -0.3 is 45.0 Å². The standard InChI is InChI=1S/C23H39Cl2N3O10P2/c1-22(2,3)38-21(30)27-19(16-17-7-6-8-18(15-17)28(13-10-24)14-11-25)20(29)26-12-5-4-9-23(31,39(32,33)34)40(35,36)37/h6-8,15,19,31H,4-5,9-14,16H2,1-3H3,(H,26,29)(H,27,30)(H2,32,33,34)(H2,35,36,37)/t19-/m0/s1. The molecule has 0 saturated heterocycles. The summed E-state index contributed by atoms with van der Waals surface area (Å²) in [5, 5.41) is 11.6. The van der Waals surface area contributed by atoms with Crippen LogP contribution in [0.5, 0.6) is 0 Å². The Bertz CT molecular complexity index is 1050. The molecule has 2 amide bonds. The summed E-state index contributed by atoms with van der Waals surface area (Å²) in [5.41, 5.74) is 0.734. The predicted molar refractivity (Wildman–Crippen MR) is 153 cm³/mol. The van der Waals surface area contributed by atoms with Crippen LogP contribution in [0.3, 0.4) is 0 Å². The molecular weight excluding hydrogens is 611 g/mol. The van der Waals surface area contributed by atoms with Gasteiger partial charge in [-0.2, -0.15) is 0 Å². The van der Waals surface area contributed by atoms with Gasteiger partial charge in [-0.05, 0) is 57.7 Å². The highest BCUT2D eigenvalue weighted by Gasteiger charge is 2.58. The monoisotopic (exact) mass is 649 g/mol. The number of carbonyl (C=O) groups excluding carboxylic acids is 2. The van der Waals surface area contributed by atoms with E-state index in [1.165, 1.54) is 0 Å². The van der Waals surface area contributed by atoms with Gasteiger partial charge in [0.25, 0.3) is 5.08 Å².